The van der Waals surface area contributed by atoms with Crippen LogP contribution in [0, 0.1) is 11.8 Å². The number of fused-ring (bicyclic) bond motifs is 1. The van der Waals surface area contributed by atoms with E-state index in [2.05, 4.69) is 34.4 Å². The first-order chi connectivity index (χ1) is 21.2. The molecule has 3 fully saturated rings. The van der Waals surface area contributed by atoms with Crippen LogP contribution in [0.5, 0.6) is 5.75 Å². The number of aromatic nitrogens is 2. The number of amides is 3. The topological polar surface area (TPSA) is 120 Å². The number of carbonyl (C=O) groups is 3. The molecule has 0 radical (unpaired) electrons. The minimum Gasteiger partial charge on any atom is -0.497 e. The number of likely N-dealkylation sites (tertiary alicyclic amines) is 2. The second kappa shape index (κ2) is 12.6. The molecule has 3 N–H and O–H groups in total. The number of nitrogens with zero attached hydrogens (tertiary/aromatic N) is 3. The number of benzene rings is 1. The van der Waals surface area contributed by atoms with Gasteiger partial charge >= 0.3 is 0 Å². The zero-order chi connectivity index (χ0) is 30.8. The van der Waals surface area contributed by atoms with Crippen molar-refractivity contribution in [1.82, 2.24) is 30.4 Å². The van der Waals surface area contributed by atoms with Gasteiger partial charge in [0.05, 0.1) is 19.7 Å². The van der Waals surface area contributed by atoms with Gasteiger partial charge in [0, 0.05) is 53.5 Å². The first kappa shape index (κ1) is 30.1. The zero-order valence-electron chi connectivity index (χ0n) is 26.0. The van der Waals surface area contributed by atoms with Crippen molar-refractivity contribution < 1.29 is 19.1 Å². The summed E-state index contributed by atoms with van der Waals surface area (Å²) < 4.78 is 5.31. The second-order valence-electron chi connectivity index (χ2n) is 13.3. The standard InChI is InChI=1S/C34H44N6O4/c1-34(2)11-4-14-40(34)32(42)24-9-13-36-29(18-24)33(43)39-21-23(15-22-5-7-27(44-3)8-6-22)16-30(39)31(41)37-20-26-17-25-19-35-12-10-28(25)38-26/h5-8,10,12,17,19,23-24,29-30,36,38H,4,9,11,13-16,18,20-21H2,1-3H3,(H,37,41). The molecular formula is C34H44N6O4. The third-order valence-electron chi connectivity index (χ3n) is 9.80. The lowest BCUT2D eigenvalue weighted by molar-refractivity contribution is -0.144. The number of hydrogen-bond donors (Lipinski definition) is 3. The maximum atomic E-state index is 14.1. The van der Waals surface area contributed by atoms with Gasteiger partial charge < -0.3 is 30.2 Å². The summed E-state index contributed by atoms with van der Waals surface area (Å²) in [5, 5.41) is 7.45. The van der Waals surface area contributed by atoms with Crippen molar-refractivity contribution in [3.63, 3.8) is 0 Å². The largest absolute Gasteiger partial charge is 0.497 e. The number of nitrogens with one attached hydrogen (secondary N) is 3. The fourth-order valence-corrected chi connectivity index (χ4v) is 7.35. The molecule has 0 bridgehead atoms. The van der Waals surface area contributed by atoms with E-state index in [4.69, 9.17) is 4.74 Å². The normalized spacial score (nSPS) is 24.9. The summed E-state index contributed by atoms with van der Waals surface area (Å²) in [5.74, 6) is 0.657. The number of H-pyrrole nitrogens is 1. The van der Waals surface area contributed by atoms with Gasteiger partial charge in [0.25, 0.3) is 0 Å². The minimum atomic E-state index is -0.577. The Hall–Kier alpha value is -3.92. The molecule has 0 aliphatic carbocycles. The average Bonchev–Trinajstić information content (AvgIpc) is 3.75. The molecular weight excluding hydrogens is 556 g/mol. The number of ether oxygens (including phenoxy) is 1. The minimum absolute atomic E-state index is 0.0859. The molecule has 234 valence electrons. The van der Waals surface area contributed by atoms with Crippen molar-refractivity contribution in [3.05, 3.63) is 60.0 Å². The quantitative estimate of drug-likeness (QED) is 0.365. The monoisotopic (exact) mass is 600 g/mol. The van der Waals surface area contributed by atoms with Crippen molar-refractivity contribution in [2.24, 2.45) is 11.8 Å². The molecule has 4 unspecified atom stereocenters. The number of methoxy groups -OCH3 is 1. The molecule has 2 aromatic heterocycles. The Kier molecular flexibility index (Phi) is 8.62. The molecule has 3 aliphatic heterocycles. The summed E-state index contributed by atoms with van der Waals surface area (Å²) >= 11 is 0. The number of carbonyl (C=O) groups excluding carboxylic acids is 3. The van der Waals surface area contributed by atoms with E-state index in [-0.39, 0.29) is 35.1 Å². The maximum Gasteiger partial charge on any atom is 0.243 e. The lowest BCUT2D eigenvalue weighted by Gasteiger charge is -2.38. The predicted molar refractivity (Wildman–Crippen MR) is 168 cm³/mol. The fourth-order valence-electron chi connectivity index (χ4n) is 7.35. The van der Waals surface area contributed by atoms with Crippen molar-refractivity contribution in [2.75, 3.05) is 26.7 Å². The van der Waals surface area contributed by atoms with E-state index in [1.807, 2.05) is 41.3 Å². The van der Waals surface area contributed by atoms with Gasteiger partial charge in [0.1, 0.15) is 11.8 Å². The molecule has 10 heteroatoms. The fraction of sp³-hybridized carbons (Fsp3) is 0.529. The molecule has 4 atom stereocenters. The Labute approximate surface area is 258 Å². The molecule has 3 amide bonds. The van der Waals surface area contributed by atoms with Gasteiger partial charge in [-0.05, 0) is 94.7 Å². The molecule has 0 spiro atoms. The van der Waals surface area contributed by atoms with Crippen LogP contribution in [0.15, 0.2) is 48.8 Å². The summed E-state index contributed by atoms with van der Waals surface area (Å²) in [5.41, 5.74) is 2.85. The van der Waals surface area contributed by atoms with Crippen molar-refractivity contribution in [2.45, 2.75) is 76.5 Å². The molecule has 0 saturated carbocycles. The van der Waals surface area contributed by atoms with E-state index in [0.29, 0.717) is 32.5 Å². The highest BCUT2D eigenvalue weighted by Gasteiger charge is 2.45. The lowest BCUT2D eigenvalue weighted by Crippen LogP contribution is -2.56. The van der Waals surface area contributed by atoms with Gasteiger partial charge in [0.2, 0.25) is 17.7 Å². The number of piperidine rings is 1. The van der Waals surface area contributed by atoms with E-state index < -0.39 is 12.1 Å². The summed E-state index contributed by atoms with van der Waals surface area (Å²) in [7, 11) is 1.65. The summed E-state index contributed by atoms with van der Waals surface area (Å²) in [6.45, 7) is 6.48. The zero-order valence-corrected chi connectivity index (χ0v) is 26.0. The highest BCUT2D eigenvalue weighted by Crippen LogP contribution is 2.33. The number of pyridine rings is 1. The molecule has 6 rings (SSSR count). The summed E-state index contributed by atoms with van der Waals surface area (Å²) in [6, 6.07) is 10.8. The van der Waals surface area contributed by atoms with Gasteiger partial charge in [-0.2, -0.15) is 0 Å². The van der Waals surface area contributed by atoms with Crippen molar-refractivity contribution in [3.8, 4) is 5.75 Å². The first-order valence-electron chi connectivity index (χ1n) is 15.9. The van der Waals surface area contributed by atoms with E-state index in [1.54, 1.807) is 24.4 Å². The third kappa shape index (κ3) is 6.31. The van der Waals surface area contributed by atoms with Crippen LogP contribution in [0.3, 0.4) is 0 Å². The SMILES string of the molecule is COc1ccc(CC2CC(C(=O)NCc3cc4cnccc4[nH]3)N(C(=O)C3CC(C(=O)N4CCCC4(C)C)CCN3)C2)cc1. The molecule has 44 heavy (non-hydrogen) atoms. The van der Waals surface area contributed by atoms with E-state index in [9.17, 15) is 14.4 Å². The van der Waals surface area contributed by atoms with Crippen molar-refractivity contribution in [1.29, 1.82) is 0 Å². The van der Waals surface area contributed by atoms with Gasteiger partial charge in [-0.25, -0.2) is 0 Å². The van der Waals surface area contributed by atoms with Gasteiger partial charge in [-0.1, -0.05) is 12.1 Å². The number of hydrogen-bond acceptors (Lipinski definition) is 6. The van der Waals surface area contributed by atoms with Gasteiger partial charge in [-0.3, -0.25) is 19.4 Å². The van der Waals surface area contributed by atoms with Gasteiger partial charge in [-0.15, -0.1) is 0 Å². The van der Waals surface area contributed by atoms with Crippen LogP contribution in [0.25, 0.3) is 10.9 Å². The van der Waals surface area contributed by atoms with Crippen LogP contribution in [0.2, 0.25) is 0 Å². The first-order valence-corrected chi connectivity index (χ1v) is 15.9. The highest BCUT2D eigenvalue weighted by molar-refractivity contribution is 5.91. The predicted octanol–water partition coefficient (Wildman–Crippen LogP) is 3.42. The molecule has 3 saturated heterocycles. The number of rotatable bonds is 8. The summed E-state index contributed by atoms with van der Waals surface area (Å²) in [4.78, 5) is 52.7. The Morgan fingerprint density at radius 2 is 1.93 bits per heavy atom. The van der Waals surface area contributed by atoms with E-state index in [1.165, 1.54) is 0 Å². The molecule has 3 aromatic rings. The molecule has 1 aromatic carbocycles. The van der Waals surface area contributed by atoms with Crippen LogP contribution in [0.1, 0.15) is 57.2 Å². The molecule has 3 aliphatic rings. The van der Waals surface area contributed by atoms with Crippen LogP contribution >= 0.6 is 0 Å². The average molecular weight is 601 g/mol. The lowest BCUT2D eigenvalue weighted by atomic mass is 9.89. The van der Waals surface area contributed by atoms with Crippen LogP contribution in [-0.2, 0) is 27.3 Å². The Morgan fingerprint density at radius 3 is 2.66 bits per heavy atom. The van der Waals surface area contributed by atoms with Gasteiger partial charge in [0.15, 0.2) is 0 Å². The van der Waals surface area contributed by atoms with E-state index >= 15 is 0 Å². The third-order valence-corrected chi connectivity index (χ3v) is 9.80. The van der Waals surface area contributed by atoms with Crippen LogP contribution < -0.4 is 15.4 Å². The maximum absolute atomic E-state index is 14.1. The molecule has 10 nitrogen and oxygen atoms in total. The Bertz CT molecular complexity index is 1470. The van der Waals surface area contributed by atoms with Crippen molar-refractivity contribution >= 4 is 28.6 Å². The summed E-state index contributed by atoms with van der Waals surface area (Å²) in [6.07, 6.45) is 8.06. The van der Waals surface area contributed by atoms with E-state index in [0.717, 1.165) is 60.1 Å². The van der Waals surface area contributed by atoms with Crippen LogP contribution in [-0.4, -0.2) is 81.9 Å². The molecule has 5 heterocycles. The highest BCUT2D eigenvalue weighted by atomic mass is 16.5. The van der Waals surface area contributed by atoms with Crippen LogP contribution in [0.4, 0.5) is 0 Å². The smallest absolute Gasteiger partial charge is 0.243 e. The Balaban J connectivity index is 1.16. The number of aromatic amines is 1. The second-order valence-corrected chi connectivity index (χ2v) is 13.3. The Morgan fingerprint density at radius 1 is 1.11 bits per heavy atom.